The van der Waals surface area contributed by atoms with Crippen LogP contribution in [0.4, 0.5) is 17.1 Å². The molecule has 0 atom stereocenters. The Hall–Kier alpha value is -3.50. The monoisotopic (exact) mass is 680 g/mol. The van der Waals surface area contributed by atoms with Gasteiger partial charge in [-0.1, -0.05) is 39.8 Å². The van der Waals surface area contributed by atoms with Gasteiger partial charge in [0, 0.05) is 34.2 Å². The number of rotatable bonds is 6. The van der Waals surface area contributed by atoms with Crippen LogP contribution in [0.3, 0.4) is 0 Å². The number of terminal acetylenes is 1. The maximum atomic E-state index is 7.00. The van der Waals surface area contributed by atoms with E-state index in [0.29, 0.717) is 0 Å². The highest BCUT2D eigenvalue weighted by Gasteiger charge is 1.97. The van der Waals surface area contributed by atoms with E-state index < -0.39 is 0 Å². The molecule has 8 heteroatoms. The second-order valence-corrected chi connectivity index (χ2v) is 12.3. The lowest BCUT2D eigenvalue weighted by atomic mass is 10.1. The normalized spacial score (nSPS) is 9.56. The summed E-state index contributed by atoms with van der Waals surface area (Å²) < 4.78 is 1.04. The third-order valence-electron chi connectivity index (χ3n) is 5.43. The van der Waals surface area contributed by atoms with Crippen LogP contribution in [-0.2, 0) is 6.42 Å². The standard InChI is InChI=1S/C12H20N2.C12H16N2.C7H8BrN.C5H9N.CH4O/c2*1-10-7-11(9-12(13)8-10)5-4-6-14(2)3;1-5-2-6(8)4-7(9)3-5;1-4-5-6(2)3;1-2/h7-9H,4-6,13H2,1-3H3;7-9H,6,13H2,1-3H3;2-4H,9H2,1H3;1H,5H2,2-3H3;2H,1H3. The van der Waals surface area contributed by atoms with Gasteiger partial charge in [-0.05, 0) is 153 Å². The highest BCUT2D eigenvalue weighted by molar-refractivity contribution is 9.10. The molecule has 0 aliphatic rings. The summed E-state index contributed by atoms with van der Waals surface area (Å²) in [6.45, 7) is 8.77. The zero-order valence-corrected chi connectivity index (χ0v) is 30.8. The smallest absolute Gasteiger partial charge is 0.0600 e. The maximum absolute atomic E-state index is 7.00. The van der Waals surface area contributed by atoms with Gasteiger partial charge in [0.25, 0.3) is 0 Å². The molecule has 7 N–H and O–H groups in total. The Morgan fingerprint density at radius 3 is 1.56 bits per heavy atom. The van der Waals surface area contributed by atoms with Gasteiger partial charge in [0.1, 0.15) is 0 Å². The SMILES string of the molecule is C#CCN(C)C.CO.Cc1cc(N)cc(Br)c1.Cc1cc(N)cc(C#CCN(C)C)c1.Cc1cc(N)cc(CCCN(C)C)c1. The van der Waals surface area contributed by atoms with E-state index in [0.717, 1.165) is 65.8 Å². The van der Waals surface area contributed by atoms with Crippen molar-refractivity contribution in [3.05, 3.63) is 86.9 Å². The first-order valence-electron chi connectivity index (χ1n) is 14.7. The third-order valence-corrected chi connectivity index (χ3v) is 5.89. The average Bonchev–Trinajstić information content (AvgIpc) is 2.89. The largest absolute Gasteiger partial charge is 0.400 e. The Morgan fingerprint density at radius 2 is 1.16 bits per heavy atom. The molecule has 0 unspecified atom stereocenters. The quantitative estimate of drug-likeness (QED) is 0.196. The first-order chi connectivity index (χ1) is 21.1. The number of aliphatic hydroxyl groups excluding tert-OH is 1. The third kappa shape index (κ3) is 26.6. The van der Waals surface area contributed by atoms with Crippen LogP contribution in [-0.4, -0.2) is 88.8 Å². The molecule has 0 fully saturated rings. The van der Waals surface area contributed by atoms with Crippen LogP contribution in [0, 0.1) is 45.0 Å². The van der Waals surface area contributed by atoms with Gasteiger partial charge in [-0.25, -0.2) is 0 Å². The van der Waals surface area contributed by atoms with Gasteiger partial charge in [-0.2, -0.15) is 0 Å². The summed E-state index contributed by atoms with van der Waals surface area (Å²) in [5, 5.41) is 7.00. The van der Waals surface area contributed by atoms with Gasteiger partial charge < -0.3 is 27.2 Å². The molecule has 248 valence electrons. The highest BCUT2D eigenvalue weighted by Crippen LogP contribution is 2.16. The topological polar surface area (TPSA) is 108 Å². The molecule has 0 spiro atoms. The Morgan fingerprint density at radius 1 is 0.667 bits per heavy atom. The number of nitrogens with zero attached hydrogens (tertiary/aromatic N) is 3. The molecule has 45 heavy (non-hydrogen) atoms. The molecule has 0 saturated carbocycles. The van der Waals surface area contributed by atoms with Crippen LogP contribution in [0.1, 0.15) is 34.2 Å². The van der Waals surface area contributed by atoms with Gasteiger partial charge in [0.05, 0.1) is 13.1 Å². The van der Waals surface area contributed by atoms with Gasteiger partial charge in [0.15, 0.2) is 0 Å². The number of aliphatic hydroxyl groups is 1. The van der Waals surface area contributed by atoms with Gasteiger partial charge >= 0.3 is 0 Å². The highest BCUT2D eigenvalue weighted by atomic mass is 79.9. The number of nitrogens with two attached hydrogens (primary N) is 3. The molecule has 0 radical (unpaired) electrons. The Kier molecular flexibility index (Phi) is 25.0. The first kappa shape index (κ1) is 43.6. The van der Waals surface area contributed by atoms with E-state index >= 15 is 0 Å². The molecule has 0 saturated heterocycles. The minimum Gasteiger partial charge on any atom is -0.400 e. The number of benzene rings is 3. The molecule has 0 aliphatic heterocycles. The Labute approximate surface area is 282 Å². The summed E-state index contributed by atoms with van der Waals surface area (Å²) in [7, 11) is 13.1. The number of aryl methyl sites for hydroxylation is 4. The second kappa shape index (κ2) is 25.8. The number of halogens is 1. The molecule has 7 nitrogen and oxygen atoms in total. The Bertz CT molecular complexity index is 1250. The molecule has 0 heterocycles. The second-order valence-electron chi connectivity index (χ2n) is 11.3. The molecule has 3 aromatic carbocycles. The van der Waals surface area contributed by atoms with Crippen molar-refractivity contribution in [3.8, 4) is 24.2 Å². The van der Waals surface area contributed by atoms with Crippen LogP contribution < -0.4 is 17.2 Å². The van der Waals surface area contributed by atoms with Crippen LogP contribution in [0.15, 0.2) is 59.1 Å². The van der Waals surface area contributed by atoms with E-state index in [-0.39, 0.29) is 0 Å². The van der Waals surface area contributed by atoms with Crippen molar-refractivity contribution in [2.45, 2.75) is 33.6 Å². The van der Waals surface area contributed by atoms with E-state index in [1.165, 1.54) is 23.1 Å². The summed E-state index contributed by atoms with van der Waals surface area (Å²) in [4.78, 5) is 6.19. The van der Waals surface area contributed by atoms with Gasteiger partial charge in [0.2, 0.25) is 0 Å². The number of nitrogen functional groups attached to an aromatic ring is 3. The lowest BCUT2D eigenvalue weighted by Gasteiger charge is -2.09. The summed E-state index contributed by atoms with van der Waals surface area (Å²) in [6, 6.07) is 18.0. The van der Waals surface area contributed by atoms with Gasteiger partial charge in [-0.3, -0.25) is 9.80 Å². The summed E-state index contributed by atoms with van der Waals surface area (Å²) in [6.07, 6.45) is 7.24. The fourth-order valence-corrected chi connectivity index (χ4v) is 4.40. The van der Waals surface area contributed by atoms with Crippen molar-refractivity contribution in [2.24, 2.45) is 0 Å². The molecule has 0 aromatic heterocycles. The summed E-state index contributed by atoms with van der Waals surface area (Å²) in [5.41, 5.74) is 25.4. The van der Waals surface area contributed by atoms with Crippen molar-refractivity contribution in [2.75, 3.05) is 86.2 Å². The van der Waals surface area contributed by atoms with E-state index in [1.807, 2.05) is 94.3 Å². The lowest BCUT2D eigenvalue weighted by molar-refractivity contribution is 0.399. The lowest BCUT2D eigenvalue weighted by Crippen LogP contribution is -2.13. The molecule has 0 aliphatic carbocycles. The van der Waals surface area contributed by atoms with Crippen molar-refractivity contribution in [1.82, 2.24) is 14.7 Å². The van der Waals surface area contributed by atoms with Crippen molar-refractivity contribution < 1.29 is 5.11 Å². The van der Waals surface area contributed by atoms with E-state index in [1.54, 1.807) is 0 Å². The fourth-order valence-electron chi connectivity index (χ4n) is 3.77. The zero-order chi connectivity index (χ0) is 34.9. The van der Waals surface area contributed by atoms with E-state index in [4.69, 9.17) is 28.7 Å². The molecular weight excluding hydrogens is 624 g/mol. The van der Waals surface area contributed by atoms with E-state index in [9.17, 15) is 0 Å². The summed E-state index contributed by atoms with van der Waals surface area (Å²) in [5.74, 6) is 8.65. The summed E-state index contributed by atoms with van der Waals surface area (Å²) >= 11 is 3.33. The van der Waals surface area contributed by atoms with Crippen LogP contribution in [0.2, 0.25) is 0 Å². The zero-order valence-electron chi connectivity index (χ0n) is 29.2. The number of hydrogen-bond acceptors (Lipinski definition) is 7. The van der Waals surface area contributed by atoms with Crippen LogP contribution >= 0.6 is 15.9 Å². The molecule has 3 aromatic rings. The predicted molar refractivity (Wildman–Crippen MR) is 202 cm³/mol. The van der Waals surface area contributed by atoms with Crippen LogP contribution in [0.5, 0.6) is 0 Å². The van der Waals surface area contributed by atoms with Crippen molar-refractivity contribution >= 4 is 33.0 Å². The molecule has 0 bridgehead atoms. The number of anilines is 3. The van der Waals surface area contributed by atoms with Gasteiger partial charge in [-0.15, -0.1) is 6.42 Å². The molecule has 3 rings (SSSR count). The van der Waals surface area contributed by atoms with E-state index in [2.05, 4.69) is 71.7 Å². The van der Waals surface area contributed by atoms with Crippen LogP contribution in [0.25, 0.3) is 0 Å². The average molecular weight is 682 g/mol. The minimum atomic E-state index is 0.736. The fraction of sp³-hybridized carbons (Fsp3) is 0.405. The Balaban J connectivity index is 0. The van der Waals surface area contributed by atoms with Crippen molar-refractivity contribution in [3.63, 3.8) is 0 Å². The first-order valence-corrected chi connectivity index (χ1v) is 15.5. The predicted octanol–water partition coefficient (Wildman–Crippen LogP) is 5.69. The van der Waals surface area contributed by atoms with Crippen molar-refractivity contribution in [1.29, 1.82) is 0 Å². The molecule has 0 amide bonds. The number of hydrogen-bond donors (Lipinski definition) is 4. The minimum absolute atomic E-state index is 0.736. The maximum Gasteiger partial charge on any atom is 0.0600 e. The molecular formula is C37H57BrN6O.